The molecule has 2 saturated carbocycles. The molecule has 0 aliphatic heterocycles. The van der Waals surface area contributed by atoms with Gasteiger partial charge in [-0.1, -0.05) is 17.7 Å². The lowest BCUT2D eigenvalue weighted by atomic mass is 9.79. The van der Waals surface area contributed by atoms with Crippen LogP contribution in [-0.4, -0.2) is 17.8 Å². The van der Waals surface area contributed by atoms with Crippen molar-refractivity contribution >= 4 is 29.4 Å². The van der Waals surface area contributed by atoms with Gasteiger partial charge in [-0.3, -0.25) is 20.4 Å². The van der Waals surface area contributed by atoms with Crippen LogP contribution < -0.4 is 16.0 Å². The average molecular weight is 336 g/mol. The molecular formula is C16H16ClN2O4-. The van der Waals surface area contributed by atoms with E-state index < -0.39 is 29.6 Å². The molecule has 0 spiro atoms. The smallest absolute Gasteiger partial charge is 0.269 e. The largest absolute Gasteiger partial charge is 0.550 e. The molecule has 2 aliphatic carbocycles. The van der Waals surface area contributed by atoms with Crippen LogP contribution in [0, 0.1) is 23.7 Å². The van der Waals surface area contributed by atoms with Crippen LogP contribution in [-0.2, 0) is 9.59 Å². The van der Waals surface area contributed by atoms with E-state index in [4.69, 9.17) is 11.6 Å². The number of carboxylic acid groups (broad SMARTS) is 1. The van der Waals surface area contributed by atoms with Crippen molar-refractivity contribution in [3.63, 3.8) is 0 Å². The molecule has 122 valence electrons. The first-order chi connectivity index (χ1) is 11.0. The first-order valence-corrected chi connectivity index (χ1v) is 7.92. The van der Waals surface area contributed by atoms with Crippen LogP contribution in [0.3, 0.4) is 0 Å². The van der Waals surface area contributed by atoms with E-state index in [1.54, 1.807) is 18.2 Å². The zero-order valence-corrected chi connectivity index (χ0v) is 13.0. The number of halogens is 1. The summed E-state index contributed by atoms with van der Waals surface area (Å²) in [5.41, 5.74) is 4.96. The van der Waals surface area contributed by atoms with Crippen LogP contribution in [0.1, 0.15) is 29.6 Å². The molecule has 23 heavy (non-hydrogen) atoms. The van der Waals surface area contributed by atoms with E-state index >= 15 is 0 Å². The van der Waals surface area contributed by atoms with Crippen LogP contribution in [0.15, 0.2) is 24.3 Å². The predicted molar refractivity (Wildman–Crippen MR) is 79.9 cm³/mol. The molecule has 1 aromatic carbocycles. The number of hydrazine groups is 1. The molecule has 2 aliphatic rings. The molecule has 0 saturated heterocycles. The Bertz CT molecular complexity index is 663. The number of hydrogen-bond donors (Lipinski definition) is 2. The first kappa shape index (κ1) is 15.8. The molecular weight excluding hydrogens is 320 g/mol. The van der Waals surface area contributed by atoms with E-state index in [0.717, 1.165) is 19.3 Å². The summed E-state index contributed by atoms with van der Waals surface area (Å²) in [5.74, 6) is -3.51. The monoisotopic (exact) mass is 335 g/mol. The lowest BCUT2D eigenvalue weighted by Gasteiger charge is -2.30. The molecule has 0 unspecified atom stereocenters. The van der Waals surface area contributed by atoms with Gasteiger partial charge in [-0.05, 0) is 49.3 Å². The molecule has 2 amide bonds. The van der Waals surface area contributed by atoms with Gasteiger partial charge in [-0.25, -0.2) is 0 Å². The van der Waals surface area contributed by atoms with Gasteiger partial charge in [-0.2, -0.15) is 0 Å². The highest BCUT2D eigenvalue weighted by molar-refractivity contribution is 6.30. The lowest BCUT2D eigenvalue weighted by Crippen LogP contribution is -2.50. The minimum Gasteiger partial charge on any atom is -0.550 e. The number of amides is 2. The van der Waals surface area contributed by atoms with Gasteiger partial charge in [0, 0.05) is 22.5 Å². The standard InChI is InChI=1S/C16H17ClN2O4/c17-11-3-1-2-10(7-11)14(20)18-19-15(21)12-8-4-5-9(6-8)13(12)16(22)23/h1-3,7-9,12-13H,4-6H2,(H,18,20)(H,19,21)(H,22,23)/p-1/t8-,9-,12+,13-/m0/s1. The number of carboxylic acids is 1. The SMILES string of the molecule is O=C(NNC(=O)[C@@H]1[C@H]2CC[C@@H](C2)[C@@H]1C(=O)[O-])c1cccc(Cl)c1. The maximum atomic E-state index is 12.3. The summed E-state index contributed by atoms with van der Waals surface area (Å²) in [6.07, 6.45) is 2.40. The zero-order chi connectivity index (χ0) is 16.6. The summed E-state index contributed by atoms with van der Waals surface area (Å²) < 4.78 is 0. The van der Waals surface area contributed by atoms with Gasteiger partial charge in [0.05, 0.1) is 5.92 Å². The molecule has 0 heterocycles. The molecule has 0 radical (unpaired) electrons. The van der Waals surface area contributed by atoms with Gasteiger partial charge < -0.3 is 9.90 Å². The maximum Gasteiger partial charge on any atom is 0.269 e. The van der Waals surface area contributed by atoms with E-state index in [1.165, 1.54) is 6.07 Å². The molecule has 3 rings (SSSR count). The van der Waals surface area contributed by atoms with Crippen LogP contribution in [0.4, 0.5) is 0 Å². The van der Waals surface area contributed by atoms with Gasteiger partial charge in [0.1, 0.15) is 0 Å². The summed E-state index contributed by atoms with van der Waals surface area (Å²) in [6.45, 7) is 0. The van der Waals surface area contributed by atoms with Crippen molar-refractivity contribution in [2.24, 2.45) is 23.7 Å². The van der Waals surface area contributed by atoms with Crippen molar-refractivity contribution in [2.75, 3.05) is 0 Å². The molecule has 7 heteroatoms. The normalized spacial score (nSPS) is 28.4. The number of carbonyl (C=O) groups is 3. The second kappa shape index (κ2) is 6.20. The Hall–Kier alpha value is -2.08. The van der Waals surface area contributed by atoms with Crippen molar-refractivity contribution < 1.29 is 19.5 Å². The third kappa shape index (κ3) is 3.03. The van der Waals surface area contributed by atoms with Gasteiger partial charge in [-0.15, -0.1) is 0 Å². The Morgan fingerprint density at radius 3 is 2.43 bits per heavy atom. The van der Waals surface area contributed by atoms with Crippen molar-refractivity contribution in [2.45, 2.75) is 19.3 Å². The molecule has 6 nitrogen and oxygen atoms in total. The summed E-state index contributed by atoms with van der Waals surface area (Å²) >= 11 is 5.81. The third-order valence-corrected chi connectivity index (χ3v) is 5.11. The van der Waals surface area contributed by atoms with Crippen LogP contribution >= 0.6 is 11.6 Å². The topological polar surface area (TPSA) is 98.3 Å². The first-order valence-electron chi connectivity index (χ1n) is 7.54. The van der Waals surface area contributed by atoms with E-state index in [0.29, 0.717) is 10.6 Å². The molecule has 2 N–H and O–H groups in total. The van der Waals surface area contributed by atoms with Gasteiger partial charge in [0.25, 0.3) is 5.91 Å². The summed E-state index contributed by atoms with van der Waals surface area (Å²) in [6, 6.07) is 6.30. The second-order valence-corrected chi connectivity index (χ2v) is 6.59. The predicted octanol–water partition coefficient (Wildman–Crippen LogP) is 0.513. The van der Waals surface area contributed by atoms with Gasteiger partial charge in [0.2, 0.25) is 5.91 Å². The van der Waals surface area contributed by atoms with E-state index in [1.807, 2.05) is 0 Å². The Morgan fingerprint density at radius 1 is 1.09 bits per heavy atom. The summed E-state index contributed by atoms with van der Waals surface area (Å²) in [5, 5.41) is 11.7. The molecule has 4 atom stereocenters. The van der Waals surface area contributed by atoms with E-state index in [2.05, 4.69) is 10.9 Å². The van der Waals surface area contributed by atoms with Crippen molar-refractivity contribution in [3.8, 4) is 0 Å². The van der Waals surface area contributed by atoms with E-state index in [9.17, 15) is 19.5 Å². The number of hydrogen-bond acceptors (Lipinski definition) is 4. The number of benzene rings is 1. The number of aliphatic carboxylic acids is 1. The molecule has 2 fully saturated rings. The maximum absolute atomic E-state index is 12.3. The quantitative estimate of drug-likeness (QED) is 0.786. The minimum atomic E-state index is -1.18. The fourth-order valence-electron chi connectivity index (χ4n) is 3.91. The fourth-order valence-corrected chi connectivity index (χ4v) is 4.10. The van der Waals surface area contributed by atoms with Crippen LogP contribution in [0.2, 0.25) is 5.02 Å². The lowest BCUT2D eigenvalue weighted by molar-refractivity contribution is -0.314. The molecule has 1 aromatic rings. The summed E-state index contributed by atoms with van der Waals surface area (Å²) in [4.78, 5) is 35.6. The third-order valence-electron chi connectivity index (χ3n) is 4.88. The van der Waals surface area contributed by atoms with Gasteiger partial charge >= 0.3 is 0 Å². The molecule has 2 bridgehead atoms. The Labute approximate surface area is 138 Å². The number of nitrogens with one attached hydrogen (secondary N) is 2. The Morgan fingerprint density at radius 2 is 1.78 bits per heavy atom. The second-order valence-electron chi connectivity index (χ2n) is 6.16. The van der Waals surface area contributed by atoms with Gasteiger partial charge in [0.15, 0.2) is 0 Å². The van der Waals surface area contributed by atoms with Crippen LogP contribution in [0.5, 0.6) is 0 Å². The number of fused-ring (bicyclic) bond motifs is 2. The average Bonchev–Trinajstić information content (AvgIpc) is 3.13. The highest BCUT2D eigenvalue weighted by Gasteiger charge is 2.51. The fraction of sp³-hybridized carbons (Fsp3) is 0.438. The van der Waals surface area contributed by atoms with Crippen LogP contribution in [0.25, 0.3) is 0 Å². The van der Waals surface area contributed by atoms with Crippen molar-refractivity contribution in [1.82, 2.24) is 10.9 Å². The molecule has 0 aromatic heterocycles. The summed E-state index contributed by atoms with van der Waals surface area (Å²) in [7, 11) is 0. The highest BCUT2D eigenvalue weighted by Crippen LogP contribution is 2.52. The highest BCUT2D eigenvalue weighted by atomic mass is 35.5. The zero-order valence-electron chi connectivity index (χ0n) is 12.3. The van der Waals surface area contributed by atoms with Crippen molar-refractivity contribution in [1.29, 1.82) is 0 Å². The van der Waals surface area contributed by atoms with E-state index in [-0.39, 0.29) is 11.8 Å². The van der Waals surface area contributed by atoms with Crippen molar-refractivity contribution in [3.05, 3.63) is 34.9 Å². The minimum absolute atomic E-state index is 0.00406. The Kier molecular flexibility index (Phi) is 4.26. The number of rotatable bonds is 3. The number of carbonyl (C=O) groups excluding carboxylic acids is 3. The Balaban J connectivity index is 1.63.